The van der Waals surface area contributed by atoms with Gasteiger partial charge in [0.05, 0.1) is 27.3 Å². The highest BCUT2D eigenvalue weighted by atomic mass is 35.5. The van der Waals surface area contributed by atoms with Crippen molar-refractivity contribution in [3.63, 3.8) is 0 Å². The second kappa shape index (κ2) is 9.41. The summed E-state index contributed by atoms with van der Waals surface area (Å²) in [5, 5.41) is 2.94. The number of amides is 1. The number of hydrogen-bond acceptors (Lipinski definition) is 4. The summed E-state index contributed by atoms with van der Waals surface area (Å²) in [5.74, 6) is 0.00794. The summed E-state index contributed by atoms with van der Waals surface area (Å²) in [7, 11) is -3.67. The van der Waals surface area contributed by atoms with E-state index in [2.05, 4.69) is 5.32 Å². The van der Waals surface area contributed by atoms with E-state index in [4.69, 9.17) is 16.3 Å². The van der Waals surface area contributed by atoms with Gasteiger partial charge in [-0.15, -0.1) is 0 Å². The fraction of sp³-hybridized carbons (Fsp3) is 0.350. The molecule has 0 bridgehead atoms. The maximum absolute atomic E-state index is 12.8. The zero-order chi connectivity index (χ0) is 20.9. The van der Waals surface area contributed by atoms with Crippen LogP contribution in [0.2, 0.25) is 5.02 Å². The van der Waals surface area contributed by atoms with Crippen LogP contribution in [0.25, 0.3) is 0 Å². The molecule has 8 heteroatoms. The smallest absolute Gasteiger partial charge is 0.259 e. The first-order valence-corrected chi connectivity index (χ1v) is 10.9. The molecule has 2 aromatic carbocycles. The number of sulfonamides is 1. The van der Waals surface area contributed by atoms with Gasteiger partial charge in [0, 0.05) is 13.1 Å². The average Bonchev–Trinajstić information content (AvgIpc) is 2.64. The number of halogens is 1. The molecule has 6 nitrogen and oxygen atoms in total. The molecule has 2 rings (SSSR count). The van der Waals surface area contributed by atoms with Crippen molar-refractivity contribution >= 4 is 33.2 Å². The van der Waals surface area contributed by atoms with Crippen LogP contribution in [0.1, 0.15) is 38.1 Å². The number of anilines is 1. The van der Waals surface area contributed by atoms with Gasteiger partial charge in [0.15, 0.2) is 0 Å². The molecule has 2 aromatic rings. The minimum Gasteiger partial charge on any atom is -0.490 e. The maximum atomic E-state index is 12.8. The standard InChI is InChI=1S/C20H25ClN2O4S/c1-5-23(6-2)28(25,26)15-11-12-17(21)18(13-15)22-20(24)16-9-7-8-10-19(16)27-14(3)4/h7-14H,5-6H2,1-4H3,(H,22,24). The molecule has 0 fully saturated rings. The summed E-state index contributed by atoms with van der Waals surface area (Å²) in [5.41, 5.74) is 0.559. The van der Waals surface area contributed by atoms with Gasteiger partial charge >= 0.3 is 0 Å². The first kappa shape index (κ1) is 22.2. The lowest BCUT2D eigenvalue weighted by Gasteiger charge is -2.19. The molecule has 152 valence electrons. The summed E-state index contributed by atoms with van der Waals surface area (Å²) in [6.07, 6.45) is -0.0971. The Labute approximate surface area is 171 Å². The number of rotatable bonds is 8. The summed E-state index contributed by atoms with van der Waals surface area (Å²) < 4.78 is 32.5. The van der Waals surface area contributed by atoms with Crippen LogP contribution < -0.4 is 10.1 Å². The van der Waals surface area contributed by atoms with Crippen molar-refractivity contribution in [3.05, 3.63) is 53.1 Å². The minimum atomic E-state index is -3.67. The van der Waals surface area contributed by atoms with E-state index in [1.165, 1.54) is 22.5 Å². The Hall–Kier alpha value is -2.09. The van der Waals surface area contributed by atoms with Crippen LogP contribution in [-0.4, -0.2) is 37.8 Å². The van der Waals surface area contributed by atoms with Gasteiger partial charge in [-0.2, -0.15) is 4.31 Å². The van der Waals surface area contributed by atoms with Gasteiger partial charge in [-0.1, -0.05) is 37.6 Å². The number of benzene rings is 2. The van der Waals surface area contributed by atoms with E-state index >= 15 is 0 Å². The molecule has 0 aliphatic carbocycles. The van der Waals surface area contributed by atoms with Crippen LogP contribution in [0.5, 0.6) is 5.75 Å². The molecule has 0 radical (unpaired) electrons. The van der Waals surface area contributed by atoms with Crippen molar-refractivity contribution in [2.24, 2.45) is 0 Å². The van der Waals surface area contributed by atoms with E-state index in [9.17, 15) is 13.2 Å². The van der Waals surface area contributed by atoms with Crippen LogP contribution in [0, 0.1) is 0 Å². The van der Waals surface area contributed by atoms with Crippen LogP contribution in [0.15, 0.2) is 47.4 Å². The highest BCUT2D eigenvalue weighted by Gasteiger charge is 2.23. The molecule has 0 atom stereocenters. The Balaban J connectivity index is 2.36. The molecule has 0 aromatic heterocycles. The monoisotopic (exact) mass is 424 g/mol. The predicted octanol–water partition coefficient (Wildman–Crippen LogP) is 4.41. The number of carbonyl (C=O) groups is 1. The second-order valence-corrected chi connectivity index (χ2v) is 8.69. The minimum absolute atomic E-state index is 0.0719. The Morgan fingerprint density at radius 2 is 1.79 bits per heavy atom. The fourth-order valence-electron chi connectivity index (χ4n) is 2.67. The van der Waals surface area contributed by atoms with Crippen molar-refractivity contribution < 1.29 is 17.9 Å². The molecule has 0 saturated carbocycles. The number of nitrogens with zero attached hydrogens (tertiary/aromatic N) is 1. The van der Waals surface area contributed by atoms with E-state index < -0.39 is 15.9 Å². The SMILES string of the molecule is CCN(CC)S(=O)(=O)c1ccc(Cl)c(NC(=O)c2ccccc2OC(C)C)c1. The van der Waals surface area contributed by atoms with Crippen molar-refractivity contribution in [2.45, 2.75) is 38.7 Å². The molecule has 0 heterocycles. The van der Waals surface area contributed by atoms with E-state index in [-0.39, 0.29) is 21.7 Å². The molecule has 0 saturated heterocycles. The number of carbonyl (C=O) groups excluding carboxylic acids is 1. The molecule has 0 aliphatic heterocycles. The molecule has 1 amide bonds. The van der Waals surface area contributed by atoms with Crippen molar-refractivity contribution in [3.8, 4) is 5.75 Å². The second-order valence-electron chi connectivity index (χ2n) is 6.35. The Bertz CT molecular complexity index is 941. The van der Waals surface area contributed by atoms with E-state index in [1.54, 1.807) is 38.1 Å². The van der Waals surface area contributed by atoms with Gasteiger partial charge < -0.3 is 10.1 Å². The van der Waals surface area contributed by atoms with Crippen molar-refractivity contribution in [1.82, 2.24) is 4.31 Å². The van der Waals surface area contributed by atoms with Gasteiger partial charge in [-0.3, -0.25) is 4.79 Å². The number of para-hydroxylation sites is 1. The highest BCUT2D eigenvalue weighted by molar-refractivity contribution is 7.89. The summed E-state index contributed by atoms with van der Waals surface area (Å²) in [6, 6.07) is 11.1. The molecule has 0 spiro atoms. The lowest BCUT2D eigenvalue weighted by Crippen LogP contribution is -2.30. The van der Waals surface area contributed by atoms with Gasteiger partial charge in [0.25, 0.3) is 5.91 Å². The fourth-order valence-corrected chi connectivity index (χ4v) is 4.32. The topological polar surface area (TPSA) is 75.7 Å². The number of hydrogen-bond donors (Lipinski definition) is 1. The lowest BCUT2D eigenvalue weighted by atomic mass is 10.1. The quantitative estimate of drug-likeness (QED) is 0.681. The number of nitrogens with one attached hydrogen (secondary N) is 1. The van der Waals surface area contributed by atoms with Gasteiger partial charge in [0.2, 0.25) is 10.0 Å². The van der Waals surface area contributed by atoms with Gasteiger partial charge in [-0.25, -0.2) is 8.42 Å². The molecule has 1 N–H and O–H groups in total. The highest BCUT2D eigenvalue weighted by Crippen LogP contribution is 2.28. The molecule has 0 aliphatic rings. The van der Waals surface area contributed by atoms with Crippen LogP contribution >= 0.6 is 11.6 Å². The first-order chi connectivity index (χ1) is 13.2. The summed E-state index contributed by atoms with van der Waals surface area (Å²) >= 11 is 6.19. The largest absolute Gasteiger partial charge is 0.490 e. The first-order valence-electron chi connectivity index (χ1n) is 9.07. The zero-order valence-electron chi connectivity index (χ0n) is 16.4. The molecular formula is C20H25ClN2O4S. The van der Waals surface area contributed by atoms with Crippen LogP contribution in [0.4, 0.5) is 5.69 Å². The molecular weight excluding hydrogens is 400 g/mol. The number of ether oxygens (including phenoxy) is 1. The van der Waals surface area contributed by atoms with Crippen molar-refractivity contribution in [1.29, 1.82) is 0 Å². The average molecular weight is 425 g/mol. The Morgan fingerprint density at radius 1 is 1.14 bits per heavy atom. The molecule has 28 heavy (non-hydrogen) atoms. The van der Waals surface area contributed by atoms with Crippen molar-refractivity contribution in [2.75, 3.05) is 18.4 Å². The van der Waals surface area contributed by atoms with Crippen LogP contribution in [-0.2, 0) is 10.0 Å². The van der Waals surface area contributed by atoms with E-state index in [0.717, 1.165) is 0 Å². The van der Waals surface area contributed by atoms with Gasteiger partial charge in [0.1, 0.15) is 5.75 Å². The van der Waals surface area contributed by atoms with Crippen LogP contribution in [0.3, 0.4) is 0 Å². The summed E-state index contributed by atoms with van der Waals surface area (Å²) in [6.45, 7) is 7.98. The van der Waals surface area contributed by atoms with E-state index in [1.807, 2.05) is 13.8 Å². The third-order valence-electron chi connectivity index (χ3n) is 4.02. The maximum Gasteiger partial charge on any atom is 0.259 e. The van der Waals surface area contributed by atoms with Gasteiger partial charge in [-0.05, 0) is 44.2 Å². The predicted molar refractivity (Wildman–Crippen MR) is 112 cm³/mol. The molecule has 0 unspecified atom stereocenters. The van der Waals surface area contributed by atoms with E-state index in [0.29, 0.717) is 24.4 Å². The third kappa shape index (κ3) is 5.04. The zero-order valence-corrected chi connectivity index (χ0v) is 18.0. The third-order valence-corrected chi connectivity index (χ3v) is 6.40. The Morgan fingerprint density at radius 3 is 2.39 bits per heavy atom. The lowest BCUT2D eigenvalue weighted by molar-refractivity contribution is 0.102. The summed E-state index contributed by atoms with van der Waals surface area (Å²) in [4.78, 5) is 12.8. The Kier molecular flexibility index (Phi) is 7.46. The normalized spacial score (nSPS) is 11.7.